The Bertz CT molecular complexity index is 756. The molecule has 0 saturated heterocycles. The summed E-state index contributed by atoms with van der Waals surface area (Å²) in [6, 6.07) is 15.3. The topological polar surface area (TPSA) is 75.8 Å². The van der Waals surface area contributed by atoms with E-state index in [4.69, 9.17) is 0 Å². The molecule has 0 N–H and O–H groups in total. The molecule has 1 aliphatic heterocycles. The van der Waals surface area contributed by atoms with Crippen molar-refractivity contribution in [2.75, 3.05) is 6.54 Å². The van der Waals surface area contributed by atoms with Gasteiger partial charge in [0.05, 0.1) is 22.7 Å². The molecular weight excluding hydrogens is 282 g/mol. The van der Waals surface area contributed by atoms with Crippen LogP contribution in [-0.4, -0.2) is 28.1 Å². The highest BCUT2D eigenvalue weighted by Gasteiger charge is 2.26. The van der Waals surface area contributed by atoms with Crippen molar-refractivity contribution in [3.05, 3.63) is 75.8 Å². The third-order valence-corrected chi connectivity index (χ3v) is 3.47. The fourth-order valence-corrected chi connectivity index (χ4v) is 2.40. The monoisotopic (exact) mass is 295 g/mol. The van der Waals surface area contributed by atoms with E-state index in [2.05, 4.69) is 5.10 Å². The molecule has 0 spiro atoms. The quantitative estimate of drug-likeness (QED) is 0.645. The van der Waals surface area contributed by atoms with Crippen molar-refractivity contribution >= 4 is 17.3 Å². The van der Waals surface area contributed by atoms with E-state index in [1.807, 2.05) is 6.07 Å². The molecule has 0 radical (unpaired) electrons. The number of hydrogen-bond donors (Lipinski definition) is 0. The number of nitrogens with zero attached hydrogens (tertiary/aromatic N) is 3. The van der Waals surface area contributed by atoms with Crippen LogP contribution in [-0.2, 0) is 0 Å². The van der Waals surface area contributed by atoms with Gasteiger partial charge in [0, 0.05) is 18.1 Å². The minimum Gasteiger partial charge on any atom is -0.267 e. The van der Waals surface area contributed by atoms with Gasteiger partial charge in [0.1, 0.15) is 0 Å². The SMILES string of the molecule is O=C(c1ccccc1)N1CCC(c2ccccc2[N+](=O)[O-])=N1. The van der Waals surface area contributed by atoms with Crippen molar-refractivity contribution < 1.29 is 9.72 Å². The zero-order valence-electron chi connectivity index (χ0n) is 11.7. The fraction of sp³-hybridized carbons (Fsp3) is 0.125. The molecule has 0 fully saturated rings. The number of rotatable bonds is 3. The zero-order valence-corrected chi connectivity index (χ0v) is 11.7. The molecule has 6 heteroatoms. The van der Waals surface area contributed by atoms with Crippen molar-refractivity contribution in [1.82, 2.24) is 5.01 Å². The molecule has 22 heavy (non-hydrogen) atoms. The third-order valence-electron chi connectivity index (χ3n) is 3.47. The second-order valence-electron chi connectivity index (χ2n) is 4.87. The summed E-state index contributed by atoms with van der Waals surface area (Å²) in [6.07, 6.45) is 0.503. The van der Waals surface area contributed by atoms with Crippen LogP contribution < -0.4 is 0 Å². The maximum atomic E-state index is 12.3. The highest BCUT2D eigenvalue weighted by atomic mass is 16.6. The average molecular weight is 295 g/mol. The van der Waals surface area contributed by atoms with Gasteiger partial charge in [-0.2, -0.15) is 5.10 Å². The Hall–Kier alpha value is -3.02. The molecule has 0 bridgehead atoms. The van der Waals surface area contributed by atoms with E-state index in [1.54, 1.807) is 42.5 Å². The van der Waals surface area contributed by atoms with Gasteiger partial charge in [0.15, 0.2) is 0 Å². The van der Waals surface area contributed by atoms with Gasteiger partial charge in [-0.3, -0.25) is 14.9 Å². The molecule has 1 heterocycles. The maximum Gasteiger partial charge on any atom is 0.278 e. The maximum absolute atomic E-state index is 12.3. The molecule has 0 unspecified atom stereocenters. The Balaban J connectivity index is 1.90. The summed E-state index contributed by atoms with van der Waals surface area (Å²) in [6.45, 7) is 0.426. The van der Waals surface area contributed by atoms with Gasteiger partial charge in [-0.15, -0.1) is 0 Å². The standard InChI is InChI=1S/C16H13N3O3/c20-16(12-6-2-1-3-7-12)18-11-10-14(17-18)13-8-4-5-9-15(13)19(21)22/h1-9H,10-11H2. The van der Waals surface area contributed by atoms with Crippen molar-refractivity contribution in [2.24, 2.45) is 5.10 Å². The Morgan fingerprint density at radius 1 is 1.09 bits per heavy atom. The zero-order chi connectivity index (χ0) is 15.5. The number of hydrazone groups is 1. The van der Waals surface area contributed by atoms with Crippen LogP contribution in [0.25, 0.3) is 0 Å². The predicted molar refractivity (Wildman–Crippen MR) is 81.7 cm³/mol. The van der Waals surface area contributed by atoms with E-state index in [0.29, 0.717) is 29.8 Å². The minimum absolute atomic E-state index is 0.00950. The molecule has 6 nitrogen and oxygen atoms in total. The molecule has 0 aromatic heterocycles. The normalized spacial score (nSPS) is 13.8. The number of hydrogen-bond acceptors (Lipinski definition) is 4. The van der Waals surface area contributed by atoms with E-state index in [1.165, 1.54) is 11.1 Å². The van der Waals surface area contributed by atoms with Crippen molar-refractivity contribution in [1.29, 1.82) is 0 Å². The van der Waals surface area contributed by atoms with Crippen molar-refractivity contribution in [3.8, 4) is 0 Å². The molecule has 2 aromatic rings. The Kier molecular flexibility index (Phi) is 3.65. The Morgan fingerprint density at radius 3 is 2.50 bits per heavy atom. The van der Waals surface area contributed by atoms with Crippen LogP contribution in [0.5, 0.6) is 0 Å². The molecule has 1 amide bonds. The molecule has 3 rings (SSSR count). The third kappa shape index (κ3) is 2.58. The molecule has 2 aromatic carbocycles. The lowest BCUT2D eigenvalue weighted by molar-refractivity contribution is -0.385. The van der Waals surface area contributed by atoms with E-state index >= 15 is 0 Å². The summed E-state index contributed by atoms with van der Waals surface area (Å²) >= 11 is 0. The smallest absolute Gasteiger partial charge is 0.267 e. The highest BCUT2D eigenvalue weighted by molar-refractivity contribution is 6.06. The van der Waals surface area contributed by atoms with Gasteiger partial charge in [-0.25, -0.2) is 5.01 Å². The van der Waals surface area contributed by atoms with E-state index in [9.17, 15) is 14.9 Å². The summed E-state index contributed by atoms with van der Waals surface area (Å²) in [5.41, 5.74) is 1.60. The summed E-state index contributed by atoms with van der Waals surface area (Å²) in [5, 5.41) is 16.7. The fourth-order valence-electron chi connectivity index (χ4n) is 2.40. The molecular formula is C16H13N3O3. The largest absolute Gasteiger partial charge is 0.278 e. The molecule has 110 valence electrons. The van der Waals surface area contributed by atoms with Crippen LogP contribution >= 0.6 is 0 Å². The average Bonchev–Trinajstić information content (AvgIpc) is 3.04. The van der Waals surface area contributed by atoms with Gasteiger partial charge in [0.2, 0.25) is 0 Å². The first-order chi connectivity index (χ1) is 10.7. The molecule has 1 aliphatic rings. The Labute approximate surface area is 126 Å². The first-order valence-electron chi connectivity index (χ1n) is 6.85. The minimum atomic E-state index is -0.431. The van der Waals surface area contributed by atoms with Crippen LogP contribution in [0.1, 0.15) is 22.3 Å². The summed E-state index contributed by atoms with van der Waals surface area (Å²) in [5.74, 6) is -0.200. The lowest BCUT2D eigenvalue weighted by Crippen LogP contribution is -2.23. The summed E-state index contributed by atoms with van der Waals surface area (Å²) < 4.78 is 0. The van der Waals surface area contributed by atoms with E-state index in [0.717, 1.165) is 0 Å². The summed E-state index contributed by atoms with van der Waals surface area (Å²) in [4.78, 5) is 23.0. The first-order valence-corrected chi connectivity index (χ1v) is 6.85. The van der Waals surface area contributed by atoms with Crippen LogP contribution in [0.15, 0.2) is 59.7 Å². The van der Waals surface area contributed by atoms with Crippen molar-refractivity contribution in [2.45, 2.75) is 6.42 Å². The lowest BCUT2D eigenvalue weighted by Gasteiger charge is -2.10. The van der Waals surface area contributed by atoms with Crippen molar-refractivity contribution in [3.63, 3.8) is 0 Å². The van der Waals surface area contributed by atoms with Gasteiger partial charge in [0.25, 0.3) is 11.6 Å². The highest BCUT2D eigenvalue weighted by Crippen LogP contribution is 2.23. The summed E-state index contributed by atoms with van der Waals surface area (Å²) in [7, 11) is 0. The van der Waals surface area contributed by atoms with E-state index < -0.39 is 4.92 Å². The molecule has 0 atom stereocenters. The Morgan fingerprint density at radius 2 is 1.77 bits per heavy atom. The van der Waals surface area contributed by atoms with E-state index in [-0.39, 0.29) is 11.6 Å². The van der Waals surface area contributed by atoms with Gasteiger partial charge < -0.3 is 0 Å². The lowest BCUT2D eigenvalue weighted by atomic mass is 10.1. The van der Waals surface area contributed by atoms with Crippen LogP contribution in [0, 0.1) is 10.1 Å². The van der Waals surface area contributed by atoms with Gasteiger partial charge in [-0.1, -0.05) is 30.3 Å². The predicted octanol–water partition coefficient (Wildman–Crippen LogP) is 2.85. The van der Waals surface area contributed by atoms with Gasteiger partial charge in [-0.05, 0) is 18.2 Å². The molecule has 0 saturated carbocycles. The van der Waals surface area contributed by atoms with Crippen LogP contribution in [0.2, 0.25) is 0 Å². The molecule has 0 aliphatic carbocycles. The first kappa shape index (κ1) is 13.9. The number of para-hydroxylation sites is 1. The number of carbonyl (C=O) groups excluding carboxylic acids is 1. The number of carbonyl (C=O) groups is 1. The number of amides is 1. The second-order valence-corrected chi connectivity index (χ2v) is 4.87. The number of nitro benzene ring substituents is 1. The number of benzene rings is 2. The van der Waals surface area contributed by atoms with Crippen LogP contribution in [0.4, 0.5) is 5.69 Å². The second kappa shape index (κ2) is 5.77. The van der Waals surface area contributed by atoms with Crippen LogP contribution in [0.3, 0.4) is 0 Å². The van der Waals surface area contributed by atoms with Gasteiger partial charge >= 0.3 is 0 Å². The number of nitro groups is 1.